The molecule has 0 bridgehead atoms. The van der Waals surface area contributed by atoms with Crippen LogP contribution in [0.5, 0.6) is 0 Å². The zero-order valence-corrected chi connectivity index (χ0v) is 19.8. The lowest BCUT2D eigenvalue weighted by Crippen LogP contribution is -2.51. The van der Waals surface area contributed by atoms with Crippen molar-refractivity contribution in [2.45, 2.75) is 25.9 Å². The first-order valence-corrected chi connectivity index (χ1v) is 12.2. The van der Waals surface area contributed by atoms with Crippen molar-refractivity contribution >= 4 is 50.7 Å². The molecule has 2 aromatic rings. The molecule has 2 aromatic carbocycles. The average molecular weight is 486 g/mol. The van der Waals surface area contributed by atoms with E-state index in [4.69, 9.17) is 23.2 Å². The third-order valence-corrected chi connectivity index (χ3v) is 6.40. The number of rotatable bonds is 9. The molecule has 0 fully saturated rings. The molecule has 0 heterocycles. The maximum absolute atomic E-state index is 13.3. The van der Waals surface area contributed by atoms with Crippen LogP contribution in [0.1, 0.15) is 18.9 Å². The van der Waals surface area contributed by atoms with Gasteiger partial charge in [0.05, 0.1) is 17.0 Å². The van der Waals surface area contributed by atoms with Crippen LogP contribution in [0.4, 0.5) is 5.69 Å². The Morgan fingerprint density at radius 1 is 1.06 bits per heavy atom. The van der Waals surface area contributed by atoms with E-state index in [-0.39, 0.29) is 23.2 Å². The standard InChI is InChI=1S/C21H25Cl2N3O4S/c1-4-18(21(28)24-2)25(13-15-9-11-16(22)12-10-15)20(27)14-26(31(3,29)30)19-8-6-5-7-17(19)23/h5-12,18H,4,13-14H2,1-3H3,(H,24,28). The molecule has 0 spiro atoms. The molecule has 0 aliphatic rings. The van der Waals surface area contributed by atoms with Crippen molar-refractivity contribution in [2.24, 2.45) is 0 Å². The highest BCUT2D eigenvalue weighted by molar-refractivity contribution is 7.92. The van der Waals surface area contributed by atoms with Gasteiger partial charge in [0.1, 0.15) is 12.6 Å². The Morgan fingerprint density at radius 3 is 2.19 bits per heavy atom. The van der Waals surface area contributed by atoms with Gasteiger partial charge in [-0.25, -0.2) is 8.42 Å². The summed E-state index contributed by atoms with van der Waals surface area (Å²) in [6.07, 6.45) is 1.35. The SMILES string of the molecule is CCC(C(=O)NC)N(Cc1ccc(Cl)cc1)C(=O)CN(c1ccccc1Cl)S(C)(=O)=O. The van der Waals surface area contributed by atoms with E-state index in [1.54, 1.807) is 49.4 Å². The van der Waals surface area contributed by atoms with Crippen molar-refractivity contribution in [3.05, 3.63) is 64.1 Å². The zero-order chi connectivity index (χ0) is 23.2. The molecule has 0 saturated carbocycles. The molecule has 0 aliphatic carbocycles. The molecule has 1 unspecified atom stereocenters. The van der Waals surface area contributed by atoms with E-state index < -0.39 is 28.5 Å². The predicted octanol–water partition coefficient (Wildman–Crippen LogP) is 3.31. The van der Waals surface area contributed by atoms with E-state index in [2.05, 4.69) is 5.32 Å². The van der Waals surface area contributed by atoms with Gasteiger partial charge in [0.25, 0.3) is 0 Å². The maximum atomic E-state index is 13.3. The van der Waals surface area contributed by atoms with Crippen molar-refractivity contribution in [3.63, 3.8) is 0 Å². The lowest BCUT2D eigenvalue weighted by Gasteiger charge is -2.32. The Hall–Kier alpha value is -2.29. The van der Waals surface area contributed by atoms with Crippen LogP contribution in [-0.4, -0.2) is 51.0 Å². The minimum atomic E-state index is -3.82. The minimum Gasteiger partial charge on any atom is -0.357 e. The van der Waals surface area contributed by atoms with Gasteiger partial charge >= 0.3 is 0 Å². The van der Waals surface area contributed by atoms with Crippen LogP contribution in [0.15, 0.2) is 48.5 Å². The van der Waals surface area contributed by atoms with Gasteiger partial charge in [-0.2, -0.15) is 0 Å². The topological polar surface area (TPSA) is 86.8 Å². The fraction of sp³-hybridized carbons (Fsp3) is 0.333. The first-order valence-electron chi connectivity index (χ1n) is 9.56. The molecule has 0 radical (unpaired) electrons. The van der Waals surface area contributed by atoms with Crippen molar-refractivity contribution in [1.29, 1.82) is 0 Å². The van der Waals surface area contributed by atoms with E-state index in [9.17, 15) is 18.0 Å². The number of amides is 2. The smallest absolute Gasteiger partial charge is 0.244 e. The first-order chi connectivity index (χ1) is 14.6. The van der Waals surface area contributed by atoms with Crippen LogP contribution in [0, 0.1) is 0 Å². The Kier molecular flexibility index (Phi) is 8.73. The van der Waals surface area contributed by atoms with E-state index in [0.717, 1.165) is 16.1 Å². The molecule has 0 aliphatic heterocycles. The van der Waals surface area contributed by atoms with Gasteiger partial charge in [0.2, 0.25) is 21.8 Å². The number of carbonyl (C=O) groups excluding carboxylic acids is 2. The minimum absolute atomic E-state index is 0.113. The van der Waals surface area contributed by atoms with Crippen LogP contribution >= 0.6 is 23.2 Å². The van der Waals surface area contributed by atoms with Crippen molar-refractivity contribution in [1.82, 2.24) is 10.2 Å². The number of sulfonamides is 1. The van der Waals surface area contributed by atoms with Crippen LogP contribution in [-0.2, 0) is 26.2 Å². The number of likely N-dealkylation sites (N-methyl/N-ethyl adjacent to an activating group) is 1. The highest BCUT2D eigenvalue weighted by Crippen LogP contribution is 2.27. The number of halogens is 2. The fourth-order valence-electron chi connectivity index (χ4n) is 3.12. The summed E-state index contributed by atoms with van der Waals surface area (Å²) < 4.78 is 25.9. The van der Waals surface area contributed by atoms with E-state index in [1.807, 2.05) is 0 Å². The normalized spacial score (nSPS) is 12.2. The second kappa shape index (κ2) is 10.8. The fourth-order valence-corrected chi connectivity index (χ4v) is 4.40. The Balaban J connectivity index is 2.43. The van der Waals surface area contributed by atoms with Gasteiger partial charge in [-0.3, -0.25) is 13.9 Å². The summed E-state index contributed by atoms with van der Waals surface area (Å²) in [6.45, 7) is 1.40. The van der Waals surface area contributed by atoms with Gasteiger partial charge < -0.3 is 10.2 Å². The second-order valence-corrected chi connectivity index (χ2v) is 9.66. The number of para-hydroxylation sites is 1. The predicted molar refractivity (Wildman–Crippen MR) is 124 cm³/mol. The molecule has 7 nitrogen and oxygen atoms in total. The molecule has 168 valence electrons. The lowest BCUT2D eigenvalue weighted by molar-refractivity contribution is -0.140. The summed E-state index contributed by atoms with van der Waals surface area (Å²) in [5, 5.41) is 3.30. The number of anilines is 1. The summed E-state index contributed by atoms with van der Waals surface area (Å²) in [7, 11) is -2.33. The summed E-state index contributed by atoms with van der Waals surface area (Å²) in [6, 6.07) is 12.5. The number of benzene rings is 2. The Bertz CT molecular complexity index is 1030. The summed E-state index contributed by atoms with van der Waals surface area (Å²) in [5.41, 5.74) is 0.947. The van der Waals surface area contributed by atoms with Crippen LogP contribution in [0.2, 0.25) is 10.0 Å². The molecule has 0 saturated heterocycles. The summed E-state index contributed by atoms with van der Waals surface area (Å²) >= 11 is 12.1. The molecule has 0 aromatic heterocycles. The van der Waals surface area contributed by atoms with Gasteiger partial charge in [0.15, 0.2) is 0 Å². The summed E-state index contributed by atoms with van der Waals surface area (Å²) in [4.78, 5) is 27.2. The monoisotopic (exact) mass is 485 g/mol. The van der Waals surface area contributed by atoms with Gasteiger partial charge in [-0.1, -0.05) is 54.4 Å². The molecule has 31 heavy (non-hydrogen) atoms. The molecular formula is C21H25Cl2N3O4S. The quantitative estimate of drug-likeness (QED) is 0.589. The number of hydrogen-bond acceptors (Lipinski definition) is 4. The van der Waals surface area contributed by atoms with Crippen LogP contribution < -0.4 is 9.62 Å². The van der Waals surface area contributed by atoms with E-state index in [1.165, 1.54) is 18.0 Å². The van der Waals surface area contributed by atoms with Crippen LogP contribution in [0.25, 0.3) is 0 Å². The molecule has 10 heteroatoms. The largest absolute Gasteiger partial charge is 0.357 e. The maximum Gasteiger partial charge on any atom is 0.244 e. The highest BCUT2D eigenvalue weighted by Gasteiger charge is 2.31. The van der Waals surface area contributed by atoms with Crippen molar-refractivity contribution in [3.8, 4) is 0 Å². The Labute approximate surface area is 193 Å². The number of nitrogens with zero attached hydrogens (tertiary/aromatic N) is 2. The van der Waals surface area contributed by atoms with E-state index in [0.29, 0.717) is 11.4 Å². The molecule has 1 N–H and O–H groups in total. The Morgan fingerprint density at radius 2 is 1.68 bits per heavy atom. The second-order valence-electron chi connectivity index (χ2n) is 6.91. The van der Waals surface area contributed by atoms with E-state index >= 15 is 0 Å². The number of hydrogen-bond donors (Lipinski definition) is 1. The lowest BCUT2D eigenvalue weighted by atomic mass is 10.1. The van der Waals surface area contributed by atoms with Crippen molar-refractivity contribution < 1.29 is 18.0 Å². The van der Waals surface area contributed by atoms with Gasteiger partial charge in [-0.15, -0.1) is 0 Å². The summed E-state index contributed by atoms with van der Waals surface area (Å²) in [5.74, 6) is -0.871. The van der Waals surface area contributed by atoms with Gasteiger partial charge in [0, 0.05) is 18.6 Å². The van der Waals surface area contributed by atoms with Gasteiger partial charge in [-0.05, 0) is 36.2 Å². The van der Waals surface area contributed by atoms with Crippen molar-refractivity contribution in [2.75, 3.05) is 24.2 Å². The molecule has 2 amide bonds. The zero-order valence-electron chi connectivity index (χ0n) is 17.5. The average Bonchev–Trinajstić information content (AvgIpc) is 2.72. The molecular weight excluding hydrogens is 461 g/mol. The molecule has 2 rings (SSSR count). The third-order valence-electron chi connectivity index (χ3n) is 4.70. The van der Waals surface area contributed by atoms with Crippen LogP contribution in [0.3, 0.4) is 0 Å². The first kappa shape index (κ1) is 25.0. The number of nitrogens with one attached hydrogen (secondary N) is 1. The third kappa shape index (κ3) is 6.59. The number of carbonyl (C=O) groups is 2. The highest BCUT2D eigenvalue weighted by atomic mass is 35.5. The molecule has 1 atom stereocenters.